The number of hydrogen-bond acceptors (Lipinski definition) is 5. The normalized spacial score (nSPS) is 18.5. The van der Waals surface area contributed by atoms with Crippen molar-refractivity contribution in [1.82, 2.24) is 14.3 Å². The second-order valence-corrected chi connectivity index (χ2v) is 8.22. The molecule has 2 heterocycles. The Balaban J connectivity index is 1.74. The molecule has 1 aliphatic rings. The summed E-state index contributed by atoms with van der Waals surface area (Å²) in [6.45, 7) is 2.45. The molecular formula is C17H22N4O4S. The zero-order valence-electron chi connectivity index (χ0n) is 14.7. The van der Waals surface area contributed by atoms with Crippen molar-refractivity contribution in [3.8, 4) is 5.75 Å². The maximum absolute atomic E-state index is 12.7. The third-order valence-corrected chi connectivity index (χ3v) is 6.25. The van der Waals surface area contributed by atoms with Gasteiger partial charge in [0.25, 0.3) is 10.0 Å². The summed E-state index contributed by atoms with van der Waals surface area (Å²) in [7, 11) is -2.13. The highest BCUT2D eigenvalue weighted by molar-refractivity contribution is 7.89. The van der Waals surface area contributed by atoms with Gasteiger partial charge in [-0.15, -0.1) is 0 Å². The zero-order chi connectivity index (χ0) is 18.7. The maximum atomic E-state index is 12.7. The summed E-state index contributed by atoms with van der Waals surface area (Å²) in [5.41, 5.74) is 1.58. The fourth-order valence-corrected chi connectivity index (χ4v) is 4.47. The second kappa shape index (κ2) is 7.46. The van der Waals surface area contributed by atoms with Crippen LogP contribution in [0.1, 0.15) is 18.4 Å². The summed E-state index contributed by atoms with van der Waals surface area (Å²) in [5.74, 6) is -0.0632. The van der Waals surface area contributed by atoms with Crippen LogP contribution in [0.4, 0.5) is 5.69 Å². The van der Waals surface area contributed by atoms with Gasteiger partial charge in [0.05, 0.1) is 31.2 Å². The molecule has 0 aliphatic carbocycles. The number of anilines is 1. The van der Waals surface area contributed by atoms with Crippen molar-refractivity contribution in [2.75, 3.05) is 25.5 Å². The highest BCUT2D eigenvalue weighted by atomic mass is 32.2. The summed E-state index contributed by atoms with van der Waals surface area (Å²) >= 11 is 0. The molecule has 26 heavy (non-hydrogen) atoms. The number of H-pyrrole nitrogens is 1. The van der Waals surface area contributed by atoms with Crippen LogP contribution in [0.3, 0.4) is 0 Å². The van der Waals surface area contributed by atoms with Gasteiger partial charge in [-0.05, 0) is 37.5 Å². The fourth-order valence-electron chi connectivity index (χ4n) is 3.05. The first-order valence-corrected chi connectivity index (χ1v) is 9.80. The molecule has 0 radical (unpaired) electrons. The summed E-state index contributed by atoms with van der Waals surface area (Å²) in [4.78, 5) is 19.1. The number of nitrogens with zero attached hydrogens (tertiary/aromatic N) is 2. The lowest BCUT2D eigenvalue weighted by atomic mass is 9.98. The van der Waals surface area contributed by atoms with Gasteiger partial charge in [0.15, 0.2) is 5.03 Å². The van der Waals surface area contributed by atoms with Gasteiger partial charge in [0.1, 0.15) is 5.75 Å². The molecule has 1 aliphatic heterocycles. The van der Waals surface area contributed by atoms with Crippen LogP contribution in [-0.4, -0.2) is 48.8 Å². The van der Waals surface area contributed by atoms with Crippen LogP contribution in [-0.2, 0) is 14.8 Å². The Hall–Kier alpha value is -2.39. The lowest BCUT2D eigenvalue weighted by Gasteiger charge is -2.30. The molecule has 9 heteroatoms. The number of nitrogens with one attached hydrogen (secondary N) is 2. The summed E-state index contributed by atoms with van der Waals surface area (Å²) < 4.78 is 31.9. The van der Waals surface area contributed by atoms with Crippen molar-refractivity contribution in [3.05, 3.63) is 36.3 Å². The predicted molar refractivity (Wildman–Crippen MR) is 96.4 cm³/mol. The Kier molecular flexibility index (Phi) is 5.28. The summed E-state index contributed by atoms with van der Waals surface area (Å²) in [5, 5.41) is 2.91. The van der Waals surface area contributed by atoms with Crippen molar-refractivity contribution >= 4 is 21.6 Å². The van der Waals surface area contributed by atoms with E-state index in [9.17, 15) is 13.2 Å². The van der Waals surface area contributed by atoms with Gasteiger partial charge in [-0.25, -0.2) is 13.4 Å². The van der Waals surface area contributed by atoms with Crippen molar-refractivity contribution in [2.24, 2.45) is 5.92 Å². The van der Waals surface area contributed by atoms with Gasteiger partial charge >= 0.3 is 0 Å². The van der Waals surface area contributed by atoms with Crippen molar-refractivity contribution in [3.63, 3.8) is 0 Å². The second-order valence-electron chi connectivity index (χ2n) is 6.31. The van der Waals surface area contributed by atoms with E-state index in [-0.39, 0.29) is 17.5 Å². The van der Waals surface area contributed by atoms with Gasteiger partial charge in [-0.1, -0.05) is 6.07 Å². The maximum Gasteiger partial charge on any atom is 0.260 e. The van der Waals surface area contributed by atoms with Crippen LogP contribution in [0, 0.1) is 12.8 Å². The number of aromatic amines is 1. The third kappa shape index (κ3) is 3.73. The van der Waals surface area contributed by atoms with E-state index in [0.717, 1.165) is 5.56 Å². The van der Waals surface area contributed by atoms with Crippen LogP contribution < -0.4 is 10.1 Å². The number of carbonyl (C=O) groups excluding carboxylic acids is 1. The first kappa shape index (κ1) is 18.4. The monoisotopic (exact) mass is 378 g/mol. The van der Waals surface area contributed by atoms with Gasteiger partial charge in [0, 0.05) is 13.1 Å². The number of hydrogen-bond donors (Lipinski definition) is 2. The molecule has 1 saturated heterocycles. The quantitative estimate of drug-likeness (QED) is 0.825. The molecule has 1 aromatic carbocycles. The number of amides is 1. The van der Waals surface area contributed by atoms with Crippen molar-refractivity contribution in [1.29, 1.82) is 0 Å². The van der Waals surface area contributed by atoms with Crippen LogP contribution in [0.25, 0.3) is 0 Å². The molecule has 0 saturated carbocycles. The summed E-state index contributed by atoms with van der Waals surface area (Å²) in [6, 6.07) is 5.52. The highest BCUT2D eigenvalue weighted by Crippen LogP contribution is 2.28. The van der Waals surface area contributed by atoms with Gasteiger partial charge in [-0.2, -0.15) is 4.31 Å². The molecule has 2 N–H and O–H groups in total. The van der Waals surface area contributed by atoms with E-state index in [0.29, 0.717) is 30.8 Å². The molecule has 1 fully saturated rings. The minimum atomic E-state index is -3.67. The molecule has 1 atom stereocenters. The standard InChI is InChI=1S/C17H22N4O4S/c1-12-5-6-15(25-2)14(8-12)20-17(22)13-4-3-7-21(10-13)26(23,24)16-9-18-11-19-16/h5-6,8-9,11,13H,3-4,7,10H2,1-2H3,(H,18,19)(H,20,22)/t13-/m0/s1. The highest BCUT2D eigenvalue weighted by Gasteiger charge is 2.34. The molecular weight excluding hydrogens is 356 g/mol. The Morgan fingerprint density at radius 3 is 2.92 bits per heavy atom. The van der Waals surface area contributed by atoms with Crippen LogP contribution in [0.5, 0.6) is 5.75 Å². The van der Waals surface area contributed by atoms with Gasteiger partial charge < -0.3 is 15.0 Å². The number of carbonyl (C=O) groups is 1. The Morgan fingerprint density at radius 2 is 2.23 bits per heavy atom. The van der Waals surface area contributed by atoms with E-state index >= 15 is 0 Å². The van der Waals surface area contributed by atoms with E-state index in [4.69, 9.17) is 4.74 Å². The van der Waals surface area contributed by atoms with Crippen LogP contribution >= 0.6 is 0 Å². The largest absolute Gasteiger partial charge is 0.495 e. The Bertz CT molecular complexity index is 880. The molecule has 3 rings (SSSR count). The molecule has 140 valence electrons. The van der Waals surface area contributed by atoms with Gasteiger partial charge in [-0.3, -0.25) is 4.79 Å². The SMILES string of the molecule is COc1ccc(C)cc1NC(=O)[C@H]1CCCN(S(=O)(=O)c2cnc[nH]2)C1. The minimum Gasteiger partial charge on any atom is -0.495 e. The number of aromatic nitrogens is 2. The number of imidazole rings is 1. The number of rotatable bonds is 5. The van der Waals surface area contributed by atoms with Crippen LogP contribution in [0.15, 0.2) is 35.7 Å². The fraction of sp³-hybridized carbons (Fsp3) is 0.412. The smallest absolute Gasteiger partial charge is 0.260 e. The van der Waals surface area contributed by atoms with E-state index in [2.05, 4.69) is 15.3 Å². The molecule has 8 nitrogen and oxygen atoms in total. The topological polar surface area (TPSA) is 104 Å². The molecule has 0 bridgehead atoms. The molecule has 0 unspecified atom stereocenters. The number of benzene rings is 1. The average molecular weight is 378 g/mol. The van der Waals surface area contributed by atoms with Crippen molar-refractivity contribution in [2.45, 2.75) is 24.8 Å². The van der Waals surface area contributed by atoms with E-state index in [1.165, 1.54) is 16.8 Å². The minimum absolute atomic E-state index is 0.0407. The molecule has 2 aromatic rings. The predicted octanol–water partition coefficient (Wildman–Crippen LogP) is 1.77. The Morgan fingerprint density at radius 1 is 1.42 bits per heavy atom. The molecule has 1 amide bonds. The lowest BCUT2D eigenvalue weighted by Crippen LogP contribution is -2.43. The lowest BCUT2D eigenvalue weighted by molar-refractivity contribution is -0.120. The van der Waals surface area contributed by atoms with Crippen LogP contribution in [0.2, 0.25) is 0 Å². The first-order chi connectivity index (χ1) is 12.4. The first-order valence-electron chi connectivity index (χ1n) is 8.36. The average Bonchev–Trinajstić information content (AvgIpc) is 3.17. The van der Waals surface area contributed by atoms with Crippen molar-refractivity contribution < 1.29 is 17.9 Å². The number of piperidine rings is 1. The number of methoxy groups -OCH3 is 1. The van der Waals surface area contributed by atoms with E-state index in [1.54, 1.807) is 13.2 Å². The summed E-state index contributed by atoms with van der Waals surface area (Å²) in [6.07, 6.45) is 3.85. The number of sulfonamides is 1. The number of ether oxygens (including phenoxy) is 1. The molecule has 0 spiro atoms. The zero-order valence-corrected chi connectivity index (χ0v) is 15.5. The molecule has 1 aromatic heterocycles. The number of aryl methyl sites for hydroxylation is 1. The van der Waals surface area contributed by atoms with E-state index in [1.807, 2.05) is 19.1 Å². The van der Waals surface area contributed by atoms with Gasteiger partial charge in [0.2, 0.25) is 5.91 Å². The van der Waals surface area contributed by atoms with E-state index < -0.39 is 15.9 Å². The Labute approximate surface area is 152 Å². The third-order valence-electron chi connectivity index (χ3n) is 4.46.